The van der Waals surface area contributed by atoms with Gasteiger partial charge in [0.05, 0.1) is 18.4 Å². The van der Waals surface area contributed by atoms with E-state index in [0.717, 1.165) is 16.6 Å². The maximum atomic E-state index is 10.6. The van der Waals surface area contributed by atoms with Crippen LogP contribution in [0.15, 0.2) is 55.0 Å². The first-order valence-corrected chi connectivity index (χ1v) is 8.05. The van der Waals surface area contributed by atoms with Crippen LogP contribution >= 0.6 is 0 Å². The third kappa shape index (κ3) is 2.66. The molecule has 0 aliphatic heterocycles. The molecule has 0 spiro atoms. The zero-order valence-electron chi connectivity index (χ0n) is 13.8. The lowest BCUT2D eigenvalue weighted by Crippen LogP contribution is -2.10. The second-order valence-electron chi connectivity index (χ2n) is 5.71. The first-order chi connectivity index (χ1) is 12.3. The highest BCUT2D eigenvalue weighted by molar-refractivity contribution is 6.01. The molecule has 4 aromatic rings. The molecule has 0 fully saturated rings. The van der Waals surface area contributed by atoms with Crippen LogP contribution in [0, 0.1) is 0 Å². The Kier molecular flexibility index (Phi) is 3.95. The Morgan fingerprint density at radius 3 is 2.96 bits per heavy atom. The highest BCUT2D eigenvalue weighted by atomic mass is 16.5. The SMILES string of the molecule is COCCNc1c(-c2c(O)ccc3ccccc23)nc2cnccn12. The molecule has 2 N–H and O–H groups in total. The van der Waals surface area contributed by atoms with E-state index in [1.165, 1.54) is 0 Å². The summed E-state index contributed by atoms with van der Waals surface area (Å²) >= 11 is 0. The molecule has 25 heavy (non-hydrogen) atoms. The molecule has 4 rings (SSSR count). The molecular formula is C19H18N4O2. The van der Waals surface area contributed by atoms with Gasteiger partial charge in [-0.2, -0.15) is 0 Å². The van der Waals surface area contributed by atoms with E-state index in [1.807, 2.05) is 40.9 Å². The summed E-state index contributed by atoms with van der Waals surface area (Å²) in [5, 5.41) is 15.9. The van der Waals surface area contributed by atoms with E-state index in [2.05, 4.69) is 10.3 Å². The smallest absolute Gasteiger partial charge is 0.157 e. The Morgan fingerprint density at radius 2 is 2.08 bits per heavy atom. The molecule has 6 nitrogen and oxygen atoms in total. The fourth-order valence-corrected chi connectivity index (χ4v) is 3.03. The Hall–Kier alpha value is -3.12. The maximum Gasteiger partial charge on any atom is 0.157 e. The second-order valence-corrected chi connectivity index (χ2v) is 5.71. The van der Waals surface area contributed by atoms with Gasteiger partial charge < -0.3 is 15.2 Å². The van der Waals surface area contributed by atoms with Crippen LogP contribution in [0.3, 0.4) is 0 Å². The van der Waals surface area contributed by atoms with Crippen molar-refractivity contribution >= 4 is 22.2 Å². The summed E-state index contributed by atoms with van der Waals surface area (Å²) in [7, 11) is 1.66. The highest BCUT2D eigenvalue weighted by Gasteiger charge is 2.19. The van der Waals surface area contributed by atoms with Crippen LogP contribution in [0.5, 0.6) is 5.75 Å². The van der Waals surface area contributed by atoms with Crippen LogP contribution < -0.4 is 5.32 Å². The van der Waals surface area contributed by atoms with Gasteiger partial charge in [-0.15, -0.1) is 0 Å². The highest BCUT2D eigenvalue weighted by Crippen LogP contribution is 2.39. The number of fused-ring (bicyclic) bond motifs is 2. The minimum atomic E-state index is 0.199. The molecular weight excluding hydrogens is 316 g/mol. The van der Waals surface area contributed by atoms with E-state index in [4.69, 9.17) is 9.72 Å². The quantitative estimate of drug-likeness (QED) is 0.548. The Bertz CT molecular complexity index is 1040. The third-order valence-corrected chi connectivity index (χ3v) is 4.17. The molecule has 0 saturated heterocycles. The lowest BCUT2D eigenvalue weighted by Gasteiger charge is -2.11. The first kappa shape index (κ1) is 15.4. The van der Waals surface area contributed by atoms with Crippen LogP contribution in [-0.4, -0.2) is 39.7 Å². The van der Waals surface area contributed by atoms with E-state index >= 15 is 0 Å². The van der Waals surface area contributed by atoms with E-state index in [1.54, 1.807) is 25.6 Å². The van der Waals surface area contributed by atoms with Crippen LogP contribution in [0.1, 0.15) is 0 Å². The molecule has 2 heterocycles. The number of methoxy groups -OCH3 is 1. The number of aromatic nitrogens is 3. The van der Waals surface area contributed by atoms with Crippen molar-refractivity contribution < 1.29 is 9.84 Å². The standard InChI is InChI=1S/C19H18N4O2/c1-25-11-9-21-19-18(22-16-12-20-8-10-23(16)19)17-14-5-3-2-4-13(14)6-7-15(17)24/h2-8,10,12,21,24H,9,11H2,1H3. The van der Waals surface area contributed by atoms with Gasteiger partial charge in [0.2, 0.25) is 0 Å². The number of rotatable bonds is 5. The molecule has 0 aliphatic rings. The predicted molar refractivity (Wildman–Crippen MR) is 98.0 cm³/mol. The number of nitrogens with one attached hydrogen (secondary N) is 1. The fraction of sp³-hybridized carbons (Fsp3) is 0.158. The summed E-state index contributed by atoms with van der Waals surface area (Å²) in [5.41, 5.74) is 2.12. The Labute approximate surface area is 144 Å². The molecule has 0 atom stereocenters. The number of hydrogen-bond acceptors (Lipinski definition) is 5. The average molecular weight is 334 g/mol. The van der Waals surface area contributed by atoms with Gasteiger partial charge in [0.25, 0.3) is 0 Å². The van der Waals surface area contributed by atoms with Crippen LogP contribution in [0.4, 0.5) is 5.82 Å². The van der Waals surface area contributed by atoms with Crippen molar-refractivity contribution in [3.63, 3.8) is 0 Å². The average Bonchev–Trinajstić information content (AvgIpc) is 3.00. The van der Waals surface area contributed by atoms with E-state index in [9.17, 15) is 5.11 Å². The van der Waals surface area contributed by atoms with Gasteiger partial charge in [0.1, 0.15) is 17.3 Å². The summed E-state index contributed by atoms with van der Waals surface area (Å²) in [6, 6.07) is 11.6. The van der Waals surface area contributed by atoms with Crippen molar-refractivity contribution in [3.8, 4) is 17.0 Å². The van der Waals surface area contributed by atoms with E-state index < -0.39 is 0 Å². The number of ether oxygens (including phenoxy) is 1. The summed E-state index contributed by atoms with van der Waals surface area (Å²) in [6.45, 7) is 1.20. The van der Waals surface area contributed by atoms with Gasteiger partial charge in [0, 0.05) is 26.0 Å². The Balaban J connectivity index is 1.98. The molecule has 126 valence electrons. The monoisotopic (exact) mass is 334 g/mol. The lowest BCUT2D eigenvalue weighted by atomic mass is 10.0. The minimum Gasteiger partial charge on any atom is -0.507 e. The number of phenols is 1. The van der Waals surface area contributed by atoms with Gasteiger partial charge in [-0.25, -0.2) is 4.98 Å². The van der Waals surface area contributed by atoms with Crippen molar-refractivity contribution in [2.45, 2.75) is 0 Å². The van der Waals surface area contributed by atoms with E-state index in [0.29, 0.717) is 30.1 Å². The maximum absolute atomic E-state index is 10.6. The van der Waals surface area contributed by atoms with Gasteiger partial charge in [-0.05, 0) is 16.8 Å². The molecule has 2 aromatic heterocycles. The third-order valence-electron chi connectivity index (χ3n) is 4.17. The Morgan fingerprint density at radius 1 is 1.20 bits per heavy atom. The van der Waals surface area contributed by atoms with Gasteiger partial charge in [0.15, 0.2) is 5.65 Å². The predicted octanol–water partition coefficient (Wildman–Crippen LogP) is 3.31. The van der Waals surface area contributed by atoms with Gasteiger partial charge in [-0.1, -0.05) is 30.3 Å². The lowest BCUT2D eigenvalue weighted by molar-refractivity contribution is 0.210. The molecule has 6 heteroatoms. The summed E-state index contributed by atoms with van der Waals surface area (Å²) < 4.78 is 7.07. The first-order valence-electron chi connectivity index (χ1n) is 8.05. The minimum absolute atomic E-state index is 0.199. The zero-order chi connectivity index (χ0) is 17.2. The van der Waals surface area contributed by atoms with Crippen molar-refractivity contribution in [3.05, 3.63) is 55.0 Å². The number of benzene rings is 2. The molecule has 2 aromatic carbocycles. The number of imidazole rings is 1. The summed E-state index contributed by atoms with van der Waals surface area (Å²) in [4.78, 5) is 8.85. The van der Waals surface area contributed by atoms with Gasteiger partial charge >= 0.3 is 0 Å². The van der Waals surface area contributed by atoms with Crippen molar-refractivity contribution in [2.75, 3.05) is 25.6 Å². The molecule has 0 aliphatic carbocycles. The van der Waals surface area contributed by atoms with Crippen molar-refractivity contribution in [1.82, 2.24) is 14.4 Å². The number of anilines is 1. The summed E-state index contributed by atoms with van der Waals surface area (Å²) in [5.74, 6) is 1.01. The topological polar surface area (TPSA) is 71.7 Å². The summed E-state index contributed by atoms with van der Waals surface area (Å²) in [6.07, 6.45) is 5.26. The second kappa shape index (κ2) is 6.41. The molecule has 0 amide bonds. The van der Waals surface area contributed by atoms with Crippen LogP contribution in [-0.2, 0) is 4.74 Å². The molecule has 0 saturated carbocycles. The van der Waals surface area contributed by atoms with Crippen molar-refractivity contribution in [2.24, 2.45) is 0 Å². The normalized spacial score (nSPS) is 11.2. The molecule has 0 bridgehead atoms. The van der Waals surface area contributed by atoms with E-state index in [-0.39, 0.29) is 5.75 Å². The number of hydrogen-bond donors (Lipinski definition) is 2. The fourth-order valence-electron chi connectivity index (χ4n) is 3.03. The number of aromatic hydroxyl groups is 1. The zero-order valence-corrected chi connectivity index (χ0v) is 13.8. The number of nitrogens with zero attached hydrogens (tertiary/aromatic N) is 3. The number of phenolic OH excluding ortho intramolecular Hbond substituents is 1. The largest absolute Gasteiger partial charge is 0.507 e. The molecule has 0 unspecified atom stereocenters. The van der Waals surface area contributed by atoms with Gasteiger partial charge in [-0.3, -0.25) is 9.38 Å². The van der Waals surface area contributed by atoms with Crippen LogP contribution in [0.2, 0.25) is 0 Å². The van der Waals surface area contributed by atoms with Crippen LogP contribution in [0.25, 0.3) is 27.7 Å². The van der Waals surface area contributed by atoms with Crippen molar-refractivity contribution in [1.29, 1.82) is 0 Å². The molecule has 0 radical (unpaired) electrons.